The molecule has 1 aliphatic carbocycles. The van der Waals surface area contributed by atoms with Crippen molar-refractivity contribution in [1.82, 2.24) is 0 Å². The maximum atomic E-state index is 13.2. The largest absolute Gasteiger partial charge is 0.298 e. The topological polar surface area (TPSA) is 17.1 Å². The molecule has 1 fully saturated rings. The number of aldehydes is 1. The second-order valence-electron chi connectivity index (χ2n) is 4.41. The molecule has 86 valence electrons. The molecule has 1 saturated carbocycles. The van der Waals surface area contributed by atoms with Crippen LogP contribution in [0.15, 0.2) is 24.3 Å². The van der Waals surface area contributed by atoms with Gasteiger partial charge in [-0.1, -0.05) is 31.0 Å². The number of benzene rings is 1. The van der Waals surface area contributed by atoms with Crippen LogP contribution in [0.4, 0.5) is 8.78 Å². The number of carbonyl (C=O) groups is 1. The molecule has 1 aromatic rings. The normalized spacial score (nSPS) is 18.9. The Labute approximate surface area is 93.5 Å². The molecule has 0 atom stereocenters. The Kier molecular flexibility index (Phi) is 3.03. The van der Waals surface area contributed by atoms with Crippen LogP contribution in [0.25, 0.3) is 0 Å². The van der Waals surface area contributed by atoms with Crippen LogP contribution < -0.4 is 0 Å². The maximum Gasteiger partial charge on any atom is 0.248 e. The number of halogens is 2. The quantitative estimate of drug-likeness (QED) is 0.717. The molecule has 0 heterocycles. The van der Waals surface area contributed by atoms with E-state index in [1.807, 2.05) is 0 Å². The van der Waals surface area contributed by atoms with Crippen LogP contribution in [0.1, 0.15) is 41.6 Å². The summed E-state index contributed by atoms with van der Waals surface area (Å²) in [4.78, 5) is 10.7. The van der Waals surface area contributed by atoms with Crippen LogP contribution in [0.5, 0.6) is 0 Å². The van der Waals surface area contributed by atoms with Gasteiger partial charge in [-0.05, 0) is 24.5 Å². The van der Waals surface area contributed by atoms with Gasteiger partial charge in [0.15, 0.2) is 0 Å². The van der Waals surface area contributed by atoms with Crippen molar-refractivity contribution in [3.05, 3.63) is 35.4 Å². The van der Waals surface area contributed by atoms with Crippen molar-refractivity contribution >= 4 is 6.29 Å². The van der Waals surface area contributed by atoms with Crippen molar-refractivity contribution in [1.29, 1.82) is 0 Å². The Hall–Kier alpha value is -1.25. The molecule has 16 heavy (non-hydrogen) atoms. The van der Waals surface area contributed by atoms with Crippen LogP contribution in [0, 0.1) is 0 Å². The van der Waals surface area contributed by atoms with E-state index in [1.165, 1.54) is 0 Å². The summed E-state index contributed by atoms with van der Waals surface area (Å²) in [6.07, 6.45) is 1.08. The highest BCUT2D eigenvalue weighted by molar-refractivity contribution is 5.75. The molecule has 0 unspecified atom stereocenters. The minimum absolute atomic E-state index is 0.476. The third-order valence-corrected chi connectivity index (χ3v) is 3.51. The highest BCUT2D eigenvalue weighted by Crippen LogP contribution is 2.45. The van der Waals surface area contributed by atoms with Crippen LogP contribution in [0.2, 0.25) is 0 Å². The summed E-state index contributed by atoms with van der Waals surface area (Å²) in [6, 6.07) is 6.64. The van der Waals surface area contributed by atoms with Crippen LogP contribution in [-0.2, 0) is 5.41 Å². The fraction of sp³-hybridized carbons (Fsp3) is 0.462. The molecule has 2 rings (SSSR count). The Bertz CT molecular complexity index is 381. The van der Waals surface area contributed by atoms with E-state index in [2.05, 4.69) is 0 Å². The smallest absolute Gasteiger partial charge is 0.248 e. The second kappa shape index (κ2) is 4.32. The van der Waals surface area contributed by atoms with Gasteiger partial charge in [0.1, 0.15) is 6.29 Å². The molecular formula is C13H14F2O. The average Bonchev–Trinajstić information content (AvgIpc) is 2.79. The Morgan fingerprint density at radius 3 is 2.50 bits per heavy atom. The Balaban J connectivity index is 2.42. The summed E-state index contributed by atoms with van der Waals surface area (Å²) >= 11 is 0. The van der Waals surface area contributed by atoms with E-state index < -0.39 is 11.8 Å². The number of rotatable bonds is 3. The molecule has 0 aromatic heterocycles. The highest BCUT2D eigenvalue weighted by atomic mass is 19.3. The predicted molar refractivity (Wildman–Crippen MR) is 58.0 cm³/mol. The molecule has 1 aromatic carbocycles. The third-order valence-electron chi connectivity index (χ3n) is 3.51. The molecule has 0 radical (unpaired) electrons. The van der Waals surface area contributed by atoms with Gasteiger partial charge in [-0.3, -0.25) is 4.79 Å². The summed E-state index contributed by atoms with van der Waals surface area (Å²) in [5.74, 6) is 0. The molecule has 1 nitrogen and oxygen atoms in total. The lowest BCUT2D eigenvalue weighted by atomic mass is 9.79. The fourth-order valence-electron chi connectivity index (χ4n) is 2.56. The zero-order chi connectivity index (χ0) is 11.6. The van der Waals surface area contributed by atoms with Crippen LogP contribution in [-0.4, -0.2) is 12.7 Å². The first kappa shape index (κ1) is 11.2. The summed E-state index contributed by atoms with van der Waals surface area (Å²) < 4.78 is 26.5. The summed E-state index contributed by atoms with van der Waals surface area (Å²) in [7, 11) is 0. The van der Waals surface area contributed by atoms with E-state index in [0.29, 0.717) is 30.3 Å². The zero-order valence-electron chi connectivity index (χ0n) is 8.96. The van der Waals surface area contributed by atoms with Crippen LogP contribution in [0.3, 0.4) is 0 Å². The number of carbonyl (C=O) groups excluding carboxylic acids is 1. The SMILES string of the molecule is O=Cc1cccc(C2(C(F)F)CCCC2)c1. The fourth-order valence-corrected chi connectivity index (χ4v) is 2.56. The van der Waals surface area contributed by atoms with Crippen molar-refractivity contribution in [3.63, 3.8) is 0 Å². The maximum absolute atomic E-state index is 13.2. The van der Waals surface area contributed by atoms with Gasteiger partial charge >= 0.3 is 0 Å². The molecule has 0 N–H and O–H groups in total. The van der Waals surface area contributed by atoms with Gasteiger partial charge in [0, 0.05) is 5.56 Å². The lowest BCUT2D eigenvalue weighted by Crippen LogP contribution is -2.31. The molecule has 0 saturated heterocycles. The van der Waals surface area contributed by atoms with Crippen molar-refractivity contribution in [2.45, 2.75) is 37.5 Å². The van der Waals surface area contributed by atoms with E-state index in [9.17, 15) is 13.6 Å². The molecule has 1 aliphatic rings. The summed E-state index contributed by atoms with van der Waals surface area (Å²) in [5, 5.41) is 0. The molecule has 0 bridgehead atoms. The minimum atomic E-state index is -2.35. The van der Waals surface area contributed by atoms with Crippen molar-refractivity contribution in [2.24, 2.45) is 0 Å². The minimum Gasteiger partial charge on any atom is -0.298 e. The second-order valence-corrected chi connectivity index (χ2v) is 4.41. The lowest BCUT2D eigenvalue weighted by molar-refractivity contribution is 0.0521. The monoisotopic (exact) mass is 224 g/mol. The predicted octanol–water partition coefficient (Wildman–Crippen LogP) is 3.58. The van der Waals surface area contributed by atoms with Crippen molar-refractivity contribution in [2.75, 3.05) is 0 Å². The van der Waals surface area contributed by atoms with E-state index in [1.54, 1.807) is 24.3 Å². The van der Waals surface area contributed by atoms with Gasteiger partial charge in [-0.15, -0.1) is 0 Å². The number of hydrogen-bond donors (Lipinski definition) is 0. The Morgan fingerprint density at radius 1 is 1.25 bits per heavy atom. The van der Waals surface area contributed by atoms with E-state index in [4.69, 9.17) is 0 Å². The lowest BCUT2D eigenvalue weighted by Gasteiger charge is -2.28. The van der Waals surface area contributed by atoms with E-state index in [0.717, 1.165) is 12.8 Å². The standard InChI is InChI=1S/C13H14F2O/c14-12(15)13(6-1-2-7-13)11-5-3-4-10(8-11)9-16/h3-5,8-9,12H,1-2,6-7H2. The van der Waals surface area contributed by atoms with Gasteiger partial charge in [-0.25, -0.2) is 8.78 Å². The third kappa shape index (κ3) is 1.75. The van der Waals surface area contributed by atoms with Crippen molar-refractivity contribution in [3.8, 4) is 0 Å². The first-order valence-corrected chi connectivity index (χ1v) is 5.53. The first-order valence-electron chi connectivity index (χ1n) is 5.53. The van der Waals surface area contributed by atoms with Crippen LogP contribution >= 0.6 is 0 Å². The molecule has 3 heteroatoms. The molecule has 0 spiro atoms. The van der Waals surface area contributed by atoms with Gasteiger partial charge in [0.05, 0.1) is 5.41 Å². The first-order chi connectivity index (χ1) is 7.69. The summed E-state index contributed by atoms with van der Waals surface area (Å²) in [6.45, 7) is 0. The van der Waals surface area contributed by atoms with E-state index >= 15 is 0 Å². The van der Waals surface area contributed by atoms with Crippen molar-refractivity contribution < 1.29 is 13.6 Å². The number of hydrogen-bond acceptors (Lipinski definition) is 1. The van der Waals surface area contributed by atoms with E-state index in [-0.39, 0.29) is 0 Å². The molecule has 0 aliphatic heterocycles. The number of alkyl halides is 2. The Morgan fingerprint density at radius 2 is 1.94 bits per heavy atom. The highest BCUT2D eigenvalue weighted by Gasteiger charge is 2.43. The molecule has 0 amide bonds. The van der Waals surface area contributed by atoms with Gasteiger partial charge < -0.3 is 0 Å². The zero-order valence-corrected chi connectivity index (χ0v) is 8.96. The summed E-state index contributed by atoms with van der Waals surface area (Å²) in [5.41, 5.74) is 0.0768. The average molecular weight is 224 g/mol. The molecular weight excluding hydrogens is 210 g/mol. The van der Waals surface area contributed by atoms with Gasteiger partial charge in [0.2, 0.25) is 6.43 Å². The van der Waals surface area contributed by atoms with Gasteiger partial charge in [-0.2, -0.15) is 0 Å². The van der Waals surface area contributed by atoms with Gasteiger partial charge in [0.25, 0.3) is 0 Å².